The molecular weight excluding hydrogens is 216 g/mol. The Kier molecular flexibility index (Phi) is 5.28. The molecule has 0 saturated carbocycles. The van der Waals surface area contributed by atoms with Gasteiger partial charge in [-0.05, 0) is 20.3 Å². The van der Waals surface area contributed by atoms with Crippen LogP contribution < -0.4 is 0 Å². The molecule has 0 fully saturated rings. The third kappa shape index (κ3) is 5.16. The molecule has 0 bridgehead atoms. The molecule has 0 amide bonds. The van der Waals surface area contributed by atoms with Crippen molar-refractivity contribution in [3.8, 4) is 0 Å². The summed E-state index contributed by atoms with van der Waals surface area (Å²) in [6, 6.07) is 0. The lowest BCUT2D eigenvalue weighted by atomic mass is 9.97. The zero-order valence-corrected chi connectivity index (χ0v) is 10.7. The lowest BCUT2D eigenvalue weighted by Crippen LogP contribution is -2.34. The first-order valence-electron chi connectivity index (χ1n) is 5.04. The van der Waals surface area contributed by atoms with Crippen LogP contribution in [-0.2, 0) is 19.4 Å². The Morgan fingerprint density at radius 3 is 2.27 bits per heavy atom. The molecule has 0 radical (unpaired) electrons. The fourth-order valence-electron chi connectivity index (χ4n) is 1.32. The lowest BCUT2D eigenvalue weighted by molar-refractivity contribution is -0.149. The molecule has 0 rings (SSSR count). The first-order chi connectivity index (χ1) is 6.75. The number of hydrogen-bond acceptors (Lipinski definition) is 4. The van der Waals surface area contributed by atoms with E-state index in [0.717, 1.165) is 6.42 Å². The summed E-state index contributed by atoms with van der Waals surface area (Å²) in [5.41, 5.74) is -0.957. The van der Waals surface area contributed by atoms with E-state index in [1.807, 2.05) is 6.92 Å². The van der Waals surface area contributed by atoms with Crippen molar-refractivity contribution in [3.05, 3.63) is 0 Å². The van der Waals surface area contributed by atoms with E-state index in [1.165, 1.54) is 7.11 Å². The highest BCUT2D eigenvalue weighted by molar-refractivity contribution is 7.91. The zero-order valence-electron chi connectivity index (χ0n) is 9.87. The summed E-state index contributed by atoms with van der Waals surface area (Å²) in [6.07, 6.45) is 1.47. The molecule has 0 aromatic heterocycles. The normalized spacial score (nSPS) is 12.5. The quantitative estimate of drug-likeness (QED) is 0.654. The van der Waals surface area contributed by atoms with E-state index >= 15 is 0 Å². The van der Waals surface area contributed by atoms with Crippen molar-refractivity contribution < 1.29 is 17.9 Å². The average Bonchev–Trinajstić information content (AvgIpc) is 2.11. The smallest absolute Gasteiger partial charge is 0.312 e. The third-order valence-electron chi connectivity index (χ3n) is 2.13. The van der Waals surface area contributed by atoms with E-state index in [9.17, 15) is 13.2 Å². The van der Waals surface area contributed by atoms with E-state index in [4.69, 9.17) is 0 Å². The van der Waals surface area contributed by atoms with Crippen molar-refractivity contribution in [2.45, 2.75) is 33.6 Å². The predicted octanol–water partition coefficient (Wildman–Crippen LogP) is 1.40. The fourth-order valence-corrected chi connectivity index (χ4v) is 3.41. The van der Waals surface area contributed by atoms with Gasteiger partial charge in [0.25, 0.3) is 0 Å². The van der Waals surface area contributed by atoms with Crippen LogP contribution in [0.25, 0.3) is 0 Å². The van der Waals surface area contributed by atoms with Gasteiger partial charge in [-0.1, -0.05) is 13.3 Å². The minimum Gasteiger partial charge on any atom is -0.469 e. The average molecular weight is 236 g/mol. The molecule has 0 spiro atoms. The Bertz CT molecular complexity index is 303. The van der Waals surface area contributed by atoms with Gasteiger partial charge < -0.3 is 4.74 Å². The van der Waals surface area contributed by atoms with Crippen LogP contribution in [0.2, 0.25) is 0 Å². The standard InChI is InChI=1S/C10H20O4S/c1-5-6-7-15(12,13)8-10(2,3)9(11)14-4/h5-8H2,1-4H3. The van der Waals surface area contributed by atoms with Crippen LogP contribution in [0.5, 0.6) is 0 Å². The van der Waals surface area contributed by atoms with Gasteiger partial charge in [0.1, 0.15) is 0 Å². The molecule has 0 unspecified atom stereocenters. The van der Waals surface area contributed by atoms with E-state index in [2.05, 4.69) is 4.74 Å². The van der Waals surface area contributed by atoms with Gasteiger partial charge in [-0.3, -0.25) is 4.79 Å². The highest BCUT2D eigenvalue weighted by Gasteiger charge is 2.33. The number of carbonyl (C=O) groups is 1. The largest absolute Gasteiger partial charge is 0.469 e. The van der Waals surface area contributed by atoms with Crippen LogP contribution in [-0.4, -0.2) is 33.0 Å². The highest BCUT2D eigenvalue weighted by atomic mass is 32.2. The van der Waals surface area contributed by atoms with Gasteiger partial charge in [0, 0.05) is 0 Å². The highest BCUT2D eigenvalue weighted by Crippen LogP contribution is 2.20. The summed E-state index contributed by atoms with van der Waals surface area (Å²) < 4.78 is 27.8. The van der Waals surface area contributed by atoms with Crippen LogP contribution in [0.4, 0.5) is 0 Å². The van der Waals surface area contributed by atoms with Gasteiger partial charge in [0.05, 0.1) is 24.0 Å². The second-order valence-electron chi connectivity index (χ2n) is 4.32. The first kappa shape index (κ1) is 14.4. The summed E-state index contributed by atoms with van der Waals surface area (Å²) in [5, 5.41) is 0. The van der Waals surface area contributed by atoms with Crippen LogP contribution in [0.1, 0.15) is 33.6 Å². The van der Waals surface area contributed by atoms with Crippen molar-refractivity contribution in [3.63, 3.8) is 0 Å². The number of methoxy groups -OCH3 is 1. The summed E-state index contributed by atoms with van der Waals surface area (Å²) in [6.45, 7) is 5.10. The zero-order chi connectivity index (χ0) is 12.1. The van der Waals surface area contributed by atoms with E-state index in [-0.39, 0.29) is 11.5 Å². The molecule has 0 aromatic carbocycles. The predicted molar refractivity (Wildman–Crippen MR) is 59.4 cm³/mol. The molecule has 0 atom stereocenters. The number of rotatable bonds is 6. The van der Waals surface area contributed by atoms with Crippen molar-refractivity contribution in [2.24, 2.45) is 5.41 Å². The number of hydrogen-bond donors (Lipinski definition) is 0. The van der Waals surface area contributed by atoms with Crippen LogP contribution in [0, 0.1) is 5.41 Å². The Hall–Kier alpha value is -0.580. The SMILES string of the molecule is CCCCS(=O)(=O)CC(C)(C)C(=O)OC. The topological polar surface area (TPSA) is 60.4 Å². The van der Waals surface area contributed by atoms with Gasteiger partial charge in [0.2, 0.25) is 0 Å². The van der Waals surface area contributed by atoms with Gasteiger partial charge >= 0.3 is 5.97 Å². The van der Waals surface area contributed by atoms with E-state index < -0.39 is 21.2 Å². The van der Waals surface area contributed by atoms with Crippen LogP contribution >= 0.6 is 0 Å². The molecule has 0 heterocycles. The maximum Gasteiger partial charge on any atom is 0.312 e. The number of ether oxygens (including phenoxy) is 1. The maximum atomic E-state index is 11.6. The molecule has 4 nitrogen and oxygen atoms in total. The van der Waals surface area contributed by atoms with E-state index in [1.54, 1.807) is 13.8 Å². The first-order valence-corrected chi connectivity index (χ1v) is 6.86. The molecule has 0 aliphatic heterocycles. The second kappa shape index (κ2) is 5.49. The molecule has 0 saturated heterocycles. The molecule has 90 valence electrons. The summed E-state index contributed by atoms with van der Waals surface area (Å²) in [5.74, 6) is -0.487. The Balaban J connectivity index is 4.51. The number of esters is 1. The number of sulfone groups is 1. The van der Waals surface area contributed by atoms with E-state index in [0.29, 0.717) is 6.42 Å². The van der Waals surface area contributed by atoms with Crippen molar-refractivity contribution in [1.29, 1.82) is 0 Å². The molecule has 5 heteroatoms. The summed E-state index contributed by atoms with van der Waals surface area (Å²) in [7, 11) is -1.89. The van der Waals surface area contributed by atoms with Crippen molar-refractivity contribution in [2.75, 3.05) is 18.6 Å². The van der Waals surface area contributed by atoms with Gasteiger partial charge in [-0.25, -0.2) is 8.42 Å². The summed E-state index contributed by atoms with van der Waals surface area (Å²) >= 11 is 0. The van der Waals surface area contributed by atoms with Gasteiger partial charge in [0.15, 0.2) is 9.84 Å². The second-order valence-corrected chi connectivity index (χ2v) is 6.51. The molecule has 0 aliphatic rings. The van der Waals surface area contributed by atoms with Gasteiger partial charge in [-0.15, -0.1) is 0 Å². The number of carbonyl (C=O) groups excluding carboxylic acids is 1. The van der Waals surface area contributed by atoms with Crippen molar-refractivity contribution in [1.82, 2.24) is 0 Å². The number of unbranched alkanes of at least 4 members (excludes halogenated alkanes) is 1. The Morgan fingerprint density at radius 2 is 1.87 bits per heavy atom. The molecule has 0 aliphatic carbocycles. The lowest BCUT2D eigenvalue weighted by Gasteiger charge is -2.20. The molecule has 15 heavy (non-hydrogen) atoms. The maximum absolute atomic E-state index is 11.6. The van der Waals surface area contributed by atoms with Gasteiger partial charge in [-0.2, -0.15) is 0 Å². The Labute approximate surface area is 91.9 Å². The van der Waals surface area contributed by atoms with Crippen LogP contribution in [0.15, 0.2) is 0 Å². The minimum absolute atomic E-state index is 0.143. The molecule has 0 aromatic rings. The van der Waals surface area contributed by atoms with Crippen molar-refractivity contribution >= 4 is 15.8 Å². The third-order valence-corrected chi connectivity index (χ3v) is 4.20. The minimum atomic E-state index is -3.16. The monoisotopic (exact) mass is 236 g/mol. The molecule has 0 N–H and O–H groups in total. The van der Waals surface area contributed by atoms with Crippen LogP contribution in [0.3, 0.4) is 0 Å². The summed E-state index contributed by atoms with van der Waals surface area (Å²) in [4.78, 5) is 11.3. The Morgan fingerprint density at radius 1 is 1.33 bits per heavy atom. The molecular formula is C10H20O4S. The fraction of sp³-hybridized carbons (Fsp3) is 0.900.